The van der Waals surface area contributed by atoms with E-state index >= 15 is 0 Å². The standard InChI is InChI=1S/C28H36N4O2.ClH/c1-6-7-8-13-30-27(33)18-32(26-17-24(29-4)12-10-21(26)3)19-28(34)31(5)25-15-22-11-9-20(2)14-23(22)16-25;/h9-12,14,17,25H,6-8,13,15-16,18-19H2,1-3,5H3,(H,30,33);1H. The highest BCUT2D eigenvalue weighted by Gasteiger charge is 2.29. The summed E-state index contributed by atoms with van der Waals surface area (Å²) in [6, 6.07) is 12.0. The summed E-state index contributed by atoms with van der Waals surface area (Å²) < 4.78 is 0. The van der Waals surface area contributed by atoms with Gasteiger partial charge < -0.3 is 15.1 Å². The minimum atomic E-state index is -0.108. The molecule has 7 heteroatoms. The van der Waals surface area contributed by atoms with Gasteiger partial charge in [0.05, 0.1) is 19.7 Å². The quantitative estimate of drug-likeness (QED) is 0.371. The van der Waals surface area contributed by atoms with Gasteiger partial charge in [0, 0.05) is 25.3 Å². The molecule has 1 atom stereocenters. The van der Waals surface area contributed by atoms with E-state index in [1.165, 1.54) is 16.7 Å². The smallest absolute Gasteiger partial charge is 0.242 e. The lowest BCUT2D eigenvalue weighted by Gasteiger charge is -2.30. The second-order valence-electron chi connectivity index (χ2n) is 9.33. The van der Waals surface area contributed by atoms with Gasteiger partial charge in [-0.05, 0) is 55.9 Å². The van der Waals surface area contributed by atoms with Crippen LogP contribution in [-0.2, 0) is 22.4 Å². The fourth-order valence-corrected chi connectivity index (χ4v) is 4.54. The minimum Gasteiger partial charge on any atom is -0.355 e. The lowest BCUT2D eigenvalue weighted by atomic mass is 10.1. The molecule has 0 saturated carbocycles. The van der Waals surface area contributed by atoms with Crippen LogP contribution in [0.3, 0.4) is 0 Å². The van der Waals surface area contributed by atoms with Gasteiger partial charge in [-0.3, -0.25) is 9.59 Å². The number of aryl methyl sites for hydroxylation is 2. The summed E-state index contributed by atoms with van der Waals surface area (Å²) in [5, 5.41) is 2.97. The Morgan fingerprint density at radius 3 is 2.51 bits per heavy atom. The number of nitrogens with one attached hydrogen (secondary N) is 1. The molecule has 35 heavy (non-hydrogen) atoms. The molecule has 1 aliphatic carbocycles. The van der Waals surface area contributed by atoms with Gasteiger partial charge in [0.2, 0.25) is 11.8 Å². The maximum absolute atomic E-state index is 13.4. The van der Waals surface area contributed by atoms with Crippen LogP contribution in [0.1, 0.15) is 48.4 Å². The van der Waals surface area contributed by atoms with E-state index in [9.17, 15) is 9.59 Å². The molecular formula is C28H37ClN4O2. The average molecular weight is 497 g/mol. The number of unbranched alkanes of at least 4 members (excludes halogenated alkanes) is 2. The van der Waals surface area contributed by atoms with E-state index < -0.39 is 0 Å². The van der Waals surface area contributed by atoms with Crippen molar-refractivity contribution in [2.24, 2.45) is 0 Å². The zero-order chi connectivity index (χ0) is 24.7. The van der Waals surface area contributed by atoms with Crippen LogP contribution >= 0.6 is 12.4 Å². The van der Waals surface area contributed by atoms with Crippen molar-refractivity contribution in [1.29, 1.82) is 0 Å². The van der Waals surface area contributed by atoms with E-state index in [1.807, 2.05) is 29.8 Å². The van der Waals surface area contributed by atoms with Crippen LogP contribution in [0.5, 0.6) is 0 Å². The van der Waals surface area contributed by atoms with Gasteiger partial charge in [-0.15, -0.1) is 12.4 Å². The highest BCUT2D eigenvalue weighted by molar-refractivity contribution is 5.87. The van der Waals surface area contributed by atoms with Gasteiger partial charge in [-0.2, -0.15) is 0 Å². The fraction of sp³-hybridized carbons (Fsp3) is 0.464. The summed E-state index contributed by atoms with van der Waals surface area (Å²) in [5.41, 5.74) is 6.04. The molecule has 0 fully saturated rings. The molecule has 0 bridgehead atoms. The van der Waals surface area contributed by atoms with Gasteiger partial charge in [0.1, 0.15) is 0 Å². The average Bonchev–Trinajstić information content (AvgIpc) is 3.24. The molecule has 0 radical (unpaired) electrons. The molecule has 3 rings (SSSR count). The first-order chi connectivity index (χ1) is 16.3. The Kier molecular flexibility index (Phi) is 10.6. The van der Waals surface area contributed by atoms with Crippen LogP contribution in [0.4, 0.5) is 11.4 Å². The third-order valence-corrected chi connectivity index (χ3v) is 6.64. The maximum Gasteiger partial charge on any atom is 0.242 e. The second kappa shape index (κ2) is 13.2. The number of rotatable bonds is 10. The highest BCUT2D eigenvalue weighted by Crippen LogP contribution is 2.28. The first-order valence-corrected chi connectivity index (χ1v) is 12.2. The third-order valence-electron chi connectivity index (χ3n) is 6.64. The van der Waals surface area contributed by atoms with E-state index in [0.29, 0.717) is 12.2 Å². The van der Waals surface area contributed by atoms with Crippen molar-refractivity contribution >= 4 is 35.6 Å². The molecule has 188 valence electrons. The van der Waals surface area contributed by atoms with Gasteiger partial charge >= 0.3 is 0 Å². The van der Waals surface area contributed by atoms with Crippen molar-refractivity contribution in [3.05, 3.63) is 70.1 Å². The predicted octanol–water partition coefficient (Wildman–Crippen LogP) is 5.01. The number of carbonyl (C=O) groups is 2. The number of hydrogen-bond donors (Lipinski definition) is 1. The molecule has 0 heterocycles. The first-order valence-electron chi connectivity index (χ1n) is 12.2. The Morgan fingerprint density at radius 1 is 1.06 bits per heavy atom. The van der Waals surface area contributed by atoms with Crippen LogP contribution in [-0.4, -0.2) is 49.4 Å². The van der Waals surface area contributed by atoms with Crippen LogP contribution in [0.15, 0.2) is 36.4 Å². The zero-order valence-electron chi connectivity index (χ0n) is 21.3. The molecular weight excluding hydrogens is 460 g/mol. The number of anilines is 1. The first kappa shape index (κ1) is 28.2. The summed E-state index contributed by atoms with van der Waals surface area (Å²) in [6.07, 6.45) is 4.81. The number of likely N-dealkylation sites (N-methyl/N-ethyl adjacent to an activating group) is 1. The topological polar surface area (TPSA) is 57.0 Å². The van der Waals surface area contributed by atoms with E-state index in [1.54, 1.807) is 12.1 Å². The van der Waals surface area contributed by atoms with Gasteiger partial charge in [0.25, 0.3) is 0 Å². The predicted molar refractivity (Wildman–Crippen MR) is 145 cm³/mol. The molecule has 1 aliphatic rings. The molecule has 0 spiro atoms. The SMILES string of the molecule is Cl.[C-]#[N+]c1ccc(C)c(N(CC(=O)NCCCCC)CC(=O)N(C)C2Cc3ccc(C)cc3C2)c1. The largest absolute Gasteiger partial charge is 0.355 e. The van der Waals surface area contributed by atoms with Crippen molar-refractivity contribution in [2.45, 2.75) is 58.9 Å². The minimum absolute atomic E-state index is 0. The normalized spacial score (nSPS) is 13.9. The number of nitrogens with zero attached hydrogens (tertiary/aromatic N) is 3. The molecule has 0 aromatic heterocycles. The van der Waals surface area contributed by atoms with E-state index in [4.69, 9.17) is 6.57 Å². The monoisotopic (exact) mass is 496 g/mol. The number of fused-ring (bicyclic) bond motifs is 1. The molecule has 6 nitrogen and oxygen atoms in total. The van der Waals surface area contributed by atoms with Crippen molar-refractivity contribution < 1.29 is 9.59 Å². The molecule has 0 aliphatic heterocycles. The number of hydrogen-bond acceptors (Lipinski definition) is 3. The lowest BCUT2D eigenvalue weighted by Crippen LogP contribution is -2.46. The van der Waals surface area contributed by atoms with Crippen LogP contribution in [0.2, 0.25) is 0 Å². The Labute approximate surface area is 215 Å². The molecule has 0 saturated heterocycles. The molecule has 2 aromatic rings. The number of benzene rings is 2. The summed E-state index contributed by atoms with van der Waals surface area (Å²) in [7, 11) is 1.86. The summed E-state index contributed by atoms with van der Waals surface area (Å²) >= 11 is 0. The third kappa shape index (κ3) is 7.47. The summed E-state index contributed by atoms with van der Waals surface area (Å²) in [4.78, 5) is 33.3. The highest BCUT2D eigenvalue weighted by atomic mass is 35.5. The molecule has 1 N–H and O–H groups in total. The number of amides is 2. The van der Waals surface area contributed by atoms with Crippen LogP contribution < -0.4 is 10.2 Å². The van der Waals surface area contributed by atoms with E-state index in [-0.39, 0.29) is 43.4 Å². The second-order valence-corrected chi connectivity index (χ2v) is 9.33. The zero-order valence-corrected chi connectivity index (χ0v) is 22.1. The van der Waals surface area contributed by atoms with Gasteiger partial charge in [-0.25, -0.2) is 4.85 Å². The molecule has 2 aromatic carbocycles. The summed E-state index contributed by atoms with van der Waals surface area (Å²) in [5.74, 6) is -0.135. The Bertz CT molecular complexity index is 1080. The van der Waals surface area contributed by atoms with Crippen molar-refractivity contribution in [3.63, 3.8) is 0 Å². The Balaban J connectivity index is 0.00000432. The van der Waals surface area contributed by atoms with Crippen molar-refractivity contribution in [2.75, 3.05) is 31.6 Å². The Morgan fingerprint density at radius 2 is 1.80 bits per heavy atom. The lowest BCUT2D eigenvalue weighted by molar-refractivity contribution is -0.130. The molecule has 2 amide bonds. The summed E-state index contributed by atoms with van der Waals surface area (Å²) in [6.45, 7) is 14.3. The van der Waals surface area contributed by atoms with E-state index in [0.717, 1.165) is 43.4 Å². The maximum atomic E-state index is 13.4. The van der Waals surface area contributed by atoms with Gasteiger partial charge in [0.15, 0.2) is 5.69 Å². The fourth-order valence-electron chi connectivity index (χ4n) is 4.54. The van der Waals surface area contributed by atoms with Gasteiger partial charge in [-0.1, -0.05) is 55.7 Å². The van der Waals surface area contributed by atoms with E-state index in [2.05, 4.69) is 42.2 Å². The van der Waals surface area contributed by atoms with Crippen molar-refractivity contribution in [1.82, 2.24) is 10.2 Å². The van der Waals surface area contributed by atoms with Crippen LogP contribution in [0, 0.1) is 20.4 Å². The van der Waals surface area contributed by atoms with Crippen molar-refractivity contribution in [3.8, 4) is 0 Å². The number of carbonyl (C=O) groups excluding carboxylic acids is 2. The number of halogens is 1. The van der Waals surface area contributed by atoms with Crippen LogP contribution in [0.25, 0.3) is 4.85 Å². The molecule has 1 unspecified atom stereocenters. The Hall–Kier alpha value is -3.04.